The molecule has 0 aromatic carbocycles. The Hall–Kier alpha value is -2.05. The molecule has 1 aliphatic rings. The Bertz CT molecular complexity index is 467. The molecule has 1 unspecified atom stereocenters. The Kier molecular flexibility index (Phi) is 4.03. The van der Waals surface area contributed by atoms with Gasteiger partial charge in [-0.3, -0.25) is 4.68 Å². The van der Waals surface area contributed by atoms with Gasteiger partial charge in [-0.2, -0.15) is 5.10 Å². The second-order valence-corrected chi connectivity index (χ2v) is 4.83. The first kappa shape index (κ1) is 13.4. The molecule has 0 radical (unpaired) electrons. The monoisotopic (exact) mass is 266 g/mol. The molecule has 0 bridgehead atoms. The molecule has 1 aromatic heterocycles. The van der Waals surface area contributed by atoms with E-state index in [0.29, 0.717) is 13.1 Å². The zero-order valence-electron chi connectivity index (χ0n) is 10.8. The first-order valence-electron chi connectivity index (χ1n) is 6.32. The number of hydrogen-bond donors (Lipinski definition) is 3. The normalized spacial score (nSPS) is 15.8. The molecule has 1 fully saturated rings. The number of nitrogens with one attached hydrogen (secondary N) is 2. The van der Waals surface area contributed by atoms with Crippen LogP contribution in [0.5, 0.6) is 0 Å². The van der Waals surface area contributed by atoms with Gasteiger partial charge < -0.3 is 15.7 Å². The first-order valence-corrected chi connectivity index (χ1v) is 6.32. The lowest BCUT2D eigenvalue weighted by Crippen LogP contribution is -2.47. The standard InChI is InChI=1S/C12H18N4O3/c1-8-6-14-16(7-8)5-4-13-12(19)15-10(11(17)18)9-2-3-9/h6-7,9-10H,2-5H2,1H3,(H,17,18)(H2,13,15,19). The van der Waals surface area contributed by atoms with Crippen molar-refractivity contribution in [2.24, 2.45) is 5.92 Å². The number of carboxylic acid groups (broad SMARTS) is 1. The second-order valence-electron chi connectivity index (χ2n) is 4.83. The summed E-state index contributed by atoms with van der Waals surface area (Å²) < 4.78 is 1.73. The van der Waals surface area contributed by atoms with Crippen molar-refractivity contribution in [3.63, 3.8) is 0 Å². The van der Waals surface area contributed by atoms with Crippen molar-refractivity contribution in [2.75, 3.05) is 6.54 Å². The smallest absolute Gasteiger partial charge is 0.326 e. The number of hydrogen-bond acceptors (Lipinski definition) is 3. The van der Waals surface area contributed by atoms with Gasteiger partial charge >= 0.3 is 12.0 Å². The van der Waals surface area contributed by atoms with Crippen LogP contribution in [0.3, 0.4) is 0 Å². The van der Waals surface area contributed by atoms with E-state index >= 15 is 0 Å². The minimum Gasteiger partial charge on any atom is -0.480 e. The molecule has 19 heavy (non-hydrogen) atoms. The zero-order valence-corrected chi connectivity index (χ0v) is 10.8. The summed E-state index contributed by atoms with van der Waals surface area (Å²) in [5, 5.41) is 18.2. The molecule has 7 heteroatoms. The molecule has 1 aliphatic carbocycles. The van der Waals surface area contributed by atoms with E-state index in [1.165, 1.54) is 0 Å². The molecule has 1 aromatic rings. The third kappa shape index (κ3) is 3.97. The number of urea groups is 1. The number of rotatable bonds is 6. The Morgan fingerprint density at radius 1 is 1.58 bits per heavy atom. The van der Waals surface area contributed by atoms with Crippen molar-refractivity contribution >= 4 is 12.0 Å². The Balaban J connectivity index is 1.70. The van der Waals surface area contributed by atoms with Gasteiger partial charge in [-0.05, 0) is 31.2 Å². The van der Waals surface area contributed by atoms with Gasteiger partial charge in [0.15, 0.2) is 0 Å². The summed E-state index contributed by atoms with van der Waals surface area (Å²) in [6.45, 7) is 2.91. The number of carbonyl (C=O) groups excluding carboxylic acids is 1. The van der Waals surface area contributed by atoms with Gasteiger partial charge in [-0.15, -0.1) is 0 Å². The maximum Gasteiger partial charge on any atom is 0.326 e. The number of aryl methyl sites for hydroxylation is 1. The number of aliphatic carboxylic acids is 1. The number of amides is 2. The molecule has 7 nitrogen and oxygen atoms in total. The molecule has 1 atom stereocenters. The van der Waals surface area contributed by atoms with E-state index in [1.807, 2.05) is 13.1 Å². The van der Waals surface area contributed by atoms with Crippen molar-refractivity contribution in [3.8, 4) is 0 Å². The summed E-state index contributed by atoms with van der Waals surface area (Å²) in [6, 6.07) is -1.21. The fourth-order valence-electron chi connectivity index (χ4n) is 1.88. The van der Waals surface area contributed by atoms with Crippen molar-refractivity contribution in [1.29, 1.82) is 0 Å². The van der Waals surface area contributed by atoms with Gasteiger partial charge in [0.05, 0.1) is 12.7 Å². The molecule has 3 N–H and O–H groups in total. The second kappa shape index (κ2) is 5.73. The predicted molar refractivity (Wildman–Crippen MR) is 67.6 cm³/mol. The van der Waals surface area contributed by atoms with E-state index in [-0.39, 0.29) is 5.92 Å². The summed E-state index contributed by atoms with van der Waals surface area (Å²) >= 11 is 0. The van der Waals surface area contributed by atoms with Crippen LogP contribution in [0, 0.1) is 12.8 Å². The average Bonchev–Trinajstić information content (AvgIpc) is 3.10. The van der Waals surface area contributed by atoms with Crippen LogP contribution in [0.2, 0.25) is 0 Å². The maximum absolute atomic E-state index is 11.6. The summed E-state index contributed by atoms with van der Waals surface area (Å²) in [6.07, 6.45) is 5.35. The molecule has 0 saturated heterocycles. The van der Waals surface area contributed by atoms with Crippen LogP contribution < -0.4 is 10.6 Å². The van der Waals surface area contributed by atoms with Crippen molar-refractivity contribution in [1.82, 2.24) is 20.4 Å². The van der Waals surface area contributed by atoms with Crippen molar-refractivity contribution in [3.05, 3.63) is 18.0 Å². The zero-order chi connectivity index (χ0) is 13.8. The third-order valence-corrected chi connectivity index (χ3v) is 3.03. The molecule has 2 amide bonds. The van der Waals surface area contributed by atoms with Gasteiger partial charge in [0, 0.05) is 12.7 Å². The van der Waals surface area contributed by atoms with Crippen LogP contribution in [0.25, 0.3) is 0 Å². The van der Waals surface area contributed by atoms with Gasteiger partial charge in [0.25, 0.3) is 0 Å². The van der Waals surface area contributed by atoms with E-state index in [9.17, 15) is 9.59 Å². The molecular weight excluding hydrogens is 248 g/mol. The number of carboxylic acids is 1. The molecule has 0 aliphatic heterocycles. The van der Waals surface area contributed by atoms with Crippen LogP contribution >= 0.6 is 0 Å². The summed E-state index contributed by atoms with van der Waals surface area (Å²) in [4.78, 5) is 22.5. The maximum atomic E-state index is 11.6. The molecular formula is C12H18N4O3. The summed E-state index contributed by atoms with van der Waals surface area (Å²) in [7, 11) is 0. The quantitative estimate of drug-likeness (QED) is 0.692. The van der Waals surface area contributed by atoms with E-state index in [4.69, 9.17) is 5.11 Å². The van der Waals surface area contributed by atoms with Crippen LogP contribution in [-0.4, -0.2) is 39.5 Å². The largest absolute Gasteiger partial charge is 0.480 e. The molecule has 0 spiro atoms. The molecule has 1 saturated carbocycles. The predicted octanol–water partition coefficient (Wildman–Crippen LogP) is 0.354. The fourth-order valence-corrected chi connectivity index (χ4v) is 1.88. The van der Waals surface area contributed by atoms with Gasteiger partial charge in [0.2, 0.25) is 0 Å². The lowest BCUT2D eigenvalue weighted by atomic mass is 10.2. The fraction of sp³-hybridized carbons (Fsp3) is 0.583. The minimum absolute atomic E-state index is 0.0806. The van der Waals surface area contributed by atoms with Crippen molar-refractivity contribution in [2.45, 2.75) is 32.4 Å². The Morgan fingerprint density at radius 3 is 2.84 bits per heavy atom. The van der Waals surface area contributed by atoms with E-state index in [2.05, 4.69) is 15.7 Å². The third-order valence-electron chi connectivity index (χ3n) is 3.03. The van der Waals surface area contributed by atoms with E-state index < -0.39 is 18.0 Å². The molecule has 104 valence electrons. The van der Waals surface area contributed by atoms with E-state index in [0.717, 1.165) is 18.4 Å². The lowest BCUT2D eigenvalue weighted by molar-refractivity contribution is -0.139. The topological polar surface area (TPSA) is 96.3 Å². The molecule has 1 heterocycles. The van der Waals surface area contributed by atoms with Crippen LogP contribution in [-0.2, 0) is 11.3 Å². The van der Waals surface area contributed by atoms with Crippen molar-refractivity contribution < 1.29 is 14.7 Å². The highest BCUT2D eigenvalue weighted by molar-refractivity contribution is 5.83. The SMILES string of the molecule is Cc1cnn(CCNC(=O)NC(C(=O)O)C2CC2)c1. The highest BCUT2D eigenvalue weighted by Gasteiger charge is 2.37. The van der Waals surface area contributed by atoms with Crippen LogP contribution in [0.1, 0.15) is 18.4 Å². The number of nitrogens with zero attached hydrogens (tertiary/aromatic N) is 2. The number of aromatic nitrogens is 2. The Labute approximate surface area is 111 Å². The van der Waals surface area contributed by atoms with Gasteiger partial charge in [-0.25, -0.2) is 9.59 Å². The summed E-state index contributed by atoms with van der Waals surface area (Å²) in [5.74, 6) is -0.891. The minimum atomic E-state index is -0.972. The highest BCUT2D eigenvalue weighted by Crippen LogP contribution is 2.32. The lowest BCUT2D eigenvalue weighted by Gasteiger charge is -2.14. The van der Waals surface area contributed by atoms with Gasteiger partial charge in [-0.1, -0.05) is 0 Å². The number of carbonyl (C=O) groups is 2. The van der Waals surface area contributed by atoms with Crippen LogP contribution in [0.15, 0.2) is 12.4 Å². The summed E-state index contributed by atoms with van der Waals surface area (Å²) in [5.41, 5.74) is 1.06. The van der Waals surface area contributed by atoms with E-state index in [1.54, 1.807) is 10.9 Å². The van der Waals surface area contributed by atoms with Gasteiger partial charge in [0.1, 0.15) is 6.04 Å². The average molecular weight is 266 g/mol. The van der Waals surface area contributed by atoms with Crippen LogP contribution in [0.4, 0.5) is 4.79 Å². The first-order chi connectivity index (χ1) is 9.06. The Morgan fingerprint density at radius 2 is 2.32 bits per heavy atom. The molecule has 2 rings (SSSR count). The highest BCUT2D eigenvalue weighted by atomic mass is 16.4.